The molecule has 1 N–H and O–H groups in total. The first kappa shape index (κ1) is 15.8. The van der Waals surface area contributed by atoms with Crippen molar-refractivity contribution >= 4 is 11.8 Å². The Balaban J connectivity index is 3.48. The molecule has 0 radical (unpaired) electrons. The first-order valence-electron chi connectivity index (χ1n) is 6.21. The van der Waals surface area contributed by atoms with Gasteiger partial charge in [0, 0.05) is 18.9 Å². The number of ether oxygens (including phenoxy) is 3. The Labute approximate surface area is 117 Å². The molecule has 6 nitrogen and oxygen atoms in total. The van der Waals surface area contributed by atoms with E-state index in [1.54, 1.807) is 13.8 Å². The second-order valence-electron chi connectivity index (χ2n) is 3.94. The number of carbonyl (C=O) groups is 2. The van der Waals surface area contributed by atoms with Crippen LogP contribution in [0.2, 0.25) is 0 Å². The number of aromatic hydroxyl groups is 1. The lowest BCUT2D eigenvalue weighted by Gasteiger charge is -2.16. The number of hydrogen-bond acceptors (Lipinski definition) is 6. The fourth-order valence-electron chi connectivity index (χ4n) is 1.65. The molecule has 0 heterocycles. The molecule has 0 fully saturated rings. The Morgan fingerprint density at radius 1 is 1.10 bits per heavy atom. The number of rotatable bonds is 6. The molecule has 0 aliphatic rings. The molecular weight excluding hydrogens is 264 g/mol. The van der Waals surface area contributed by atoms with Crippen LogP contribution in [0.3, 0.4) is 0 Å². The number of ketones is 1. The van der Waals surface area contributed by atoms with Crippen molar-refractivity contribution in [3.63, 3.8) is 0 Å². The van der Waals surface area contributed by atoms with Gasteiger partial charge in [-0.25, -0.2) is 0 Å². The van der Waals surface area contributed by atoms with Crippen molar-refractivity contribution in [2.24, 2.45) is 0 Å². The van der Waals surface area contributed by atoms with Gasteiger partial charge in [-0.1, -0.05) is 13.8 Å². The van der Waals surface area contributed by atoms with Crippen LogP contribution < -0.4 is 14.2 Å². The molecule has 110 valence electrons. The highest BCUT2D eigenvalue weighted by atomic mass is 16.6. The summed E-state index contributed by atoms with van der Waals surface area (Å²) in [5, 5.41) is 10.2. The van der Waals surface area contributed by atoms with Gasteiger partial charge in [0.25, 0.3) is 0 Å². The van der Waals surface area contributed by atoms with Gasteiger partial charge < -0.3 is 19.3 Å². The number of Topliss-reactive ketones (excluding diaryl/α,β-unsaturated/α-hetero) is 1. The number of benzene rings is 1. The predicted octanol–water partition coefficient (Wildman–Crippen LogP) is 2.32. The topological polar surface area (TPSA) is 82.1 Å². The second-order valence-corrected chi connectivity index (χ2v) is 3.94. The van der Waals surface area contributed by atoms with Crippen LogP contribution in [-0.4, -0.2) is 31.1 Å². The maximum absolute atomic E-state index is 11.9. The number of phenols is 1. The summed E-state index contributed by atoms with van der Waals surface area (Å²) in [6.07, 6.45) is 0.309. The second kappa shape index (κ2) is 6.79. The zero-order valence-corrected chi connectivity index (χ0v) is 12.0. The largest absolute Gasteiger partial charge is 0.504 e. The van der Waals surface area contributed by atoms with Crippen molar-refractivity contribution in [1.82, 2.24) is 0 Å². The van der Waals surface area contributed by atoms with Crippen molar-refractivity contribution < 1.29 is 28.9 Å². The quantitative estimate of drug-likeness (QED) is 0.490. The van der Waals surface area contributed by atoms with Gasteiger partial charge in [-0.2, -0.15) is 0 Å². The Bertz CT molecular complexity index is 521. The van der Waals surface area contributed by atoms with Crippen LogP contribution in [0.4, 0.5) is 0 Å². The van der Waals surface area contributed by atoms with Crippen molar-refractivity contribution in [3.05, 3.63) is 11.6 Å². The number of carbonyl (C=O) groups excluding carboxylic acids is 2. The molecule has 0 saturated carbocycles. The smallest absolute Gasteiger partial charge is 0.311 e. The van der Waals surface area contributed by atoms with E-state index in [4.69, 9.17) is 14.2 Å². The maximum Gasteiger partial charge on any atom is 0.311 e. The molecule has 1 aromatic rings. The summed E-state index contributed by atoms with van der Waals surface area (Å²) < 4.78 is 15.2. The standard InChI is InChI=1S/C14H18O6/c1-5-8(15)12-9(18-3)7-10(19-4)14(13(12)17)20-11(16)6-2/h7,17H,5-6H2,1-4H3. The highest BCUT2D eigenvalue weighted by molar-refractivity contribution is 6.02. The Hall–Kier alpha value is -2.24. The number of esters is 1. The molecule has 0 atom stereocenters. The molecule has 1 rings (SSSR count). The van der Waals surface area contributed by atoms with E-state index in [2.05, 4.69) is 0 Å². The van der Waals surface area contributed by atoms with Crippen LogP contribution in [0.25, 0.3) is 0 Å². The number of methoxy groups -OCH3 is 2. The Kier molecular flexibility index (Phi) is 5.37. The van der Waals surface area contributed by atoms with Crippen molar-refractivity contribution in [2.45, 2.75) is 26.7 Å². The third kappa shape index (κ3) is 3.01. The van der Waals surface area contributed by atoms with Gasteiger partial charge in [-0.15, -0.1) is 0 Å². The minimum atomic E-state index is -0.543. The molecule has 0 aliphatic heterocycles. The molecule has 0 aliphatic carbocycles. The fourth-order valence-corrected chi connectivity index (χ4v) is 1.65. The number of hydrogen-bond donors (Lipinski definition) is 1. The van der Waals surface area contributed by atoms with E-state index in [-0.39, 0.29) is 41.4 Å². The summed E-state index contributed by atoms with van der Waals surface area (Å²) in [5.74, 6) is -1.20. The van der Waals surface area contributed by atoms with E-state index in [1.165, 1.54) is 20.3 Å². The average Bonchev–Trinajstić information content (AvgIpc) is 2.47. The van der Waals surface area contributed by atoms with Gasteiger partial charge in [0.15, 0.2) is 17.3 Å². The molecule has 0 spiro atoms. The van der Waals surface area contributed by atoms with Crippen LogP contribution >= 0.6 is 0 Å². The Morgan fingerprint density at radius 3 is 2.15 bits per heavy atom. The summed E-state index contributed by atoms with van der Waals surface area (Å²) in [6.45, 7) is 3.27. The average molecular weight is 282 g/mol. The summed E-state index contributed by atoms with van der Waals surface area (Å²) in [5.41, 5.74) is -0.0188. The summed E-state index contributed by atoms with van der Waals surface area (Å²) in [7, 11) is 2.73. The monoisotopic (exact) mass is 282 g/mol. The fraction of sp³-hybridized carbons (Fsp3) is 0.429. The lowest BCUT2D eigenvalue weighted by atomic mass is 10.0. The van der Waals surface area contributed by atoms with Gasteiger partial charge in [0.2, 0.25) is 5.75 Å². The third-order valence-corrected chi connectivity index (χ3v) is 2.73. The van der Waals surface area contributed by atoms with E-state index < -0.39 is 11.7 Å². The van der Waals surface area contributed by atoms with Crippen molar-refractivity contribution in [3.8, 4) is 23.0 Å². The molecule has 6 heteroatoms. The molecule has 0 aromatic heterocycles. The zero-order chi connectivity index (χ0) is 15.3. The molecule has 0 bridgehead atoms. The van der Waals surface area contributed by atoms with Crippen molar-refractivity contribution in [2.75, 3.05) is 14.2 Å². The summed E-state index contributed by atoms with van der Waals surface area (Å²) >= 11 is 0. The first-order valence-corrected chi connectivity index (χ1v) is 6.21. The molecule has 20 heavy (non-hydrogen) atoms. The highest BCUT2D eigenvalue weighted by Gasteiger charge is 2.25. The molecule has 0 unspecified atom stereocenters. The van der Waals surface area contributed by atoms with Crippen LogP contribution in [-0.2, 0) is 4.79 Å². The zero-order valence-electron chi connectivity index (χ0n) is 12.0. The maximum atomic E-state index is 11.9. The van der Waals surface area contributed by atoms with E-state index in [9.17, 15) is 14.7 Å². The molecule has 0 amide bonds. The molecule has 0 saturated heterocycles. The summed E-state index contributed by atoms with van der Waals surface area (Å²) in [6, 6.07) is 1.40. The van der Waals surface area contributed by atoms with E-state index >= 15 is 0 Å². The highest BCUT2D eigenvalue weighted by Crippen LogP contribution is 2.45. The van der Waals surface area contributed by atoms with Gasteiger partial charge in [-0.05, 0) is 0 Å². The van der Waals surface area contributed by atoms with Crippen LogP contribution in [0.5, 0.6) is 23.0 Å². The number of phenolic OH excluding ortho intramolecular Hbond substituents is 1. The Morgan fingerprint density at radius 2 is 1.70 bits per heavy atom. The van der Waals surface area contributed by atoms with Crippen LogP contribution in [0, 0.1) is 0 Å². The normalized spacial score (nSPS) is 10.0. The minimum absolute atomic E-state index is 0.0188. The third-order valence-electron chi connectivity index (χ3n) is 2.73. The van der Waals surface area contributed by atoms with E-state index in [1.807, 2.05) is 0 Å². The first-order chi connectivity index (χ1) is 9.49. The minimum Gasteiger partial charge on any atom is -0.504 e. The van der Waals surface area contributed by atoms with Gasteiger partial charge in [-0.3, -0.25) is 9.59 Å². The summed E-state index contributed by atoms with van der Waals surface area (Å²) in [4.78, 5) is 23.3. The lowest BCUT2D eigenvalue weighted by Crippen LogP contribution is -2.09. The SMILES string of the molecule is CCC(=O)Oc1c(OC)cc(OC)c(C(=O)CC)c1O. The predicted molar refractivity (Wildman–Crippen MR) is 71.8 cm³/mol. The molecular formula is C14H18O6. The van der Waals surface area contributed by atoms with Gasteiger partial charge in [0.05, 0.1) is 14.2 Å². The van der Waals surface area contributed by atoms with Gasteiger partial charge >= 0.3 is 5.97 Å². The van der Waals surface area contributed by atoms with E-state index in [0.717, 1.165) is 0 Å². The van der Waals surface area contributed by atoms with Crippen molar-refractivity contribution in [1.29, 1.82) is 0 Å². The van der Waals surface area contributed by atoms with E-state index in [0.29, 0.717) is 0 Å². The van der Waals surface area contributed by atoms with Gasteiger partial charge in [0.1, 0.15) is 11.3 Å². The lowest BCUT2D eigenvalue weighted by molar-refractivity contribution is -0.134. The van der Waals surface area contributed by atoms with Crippen LogP contribution in [0.15, 0.2) is 6.07 Å². The molecule has 1 aromatic carbocycles. The van der Waals surface area contributed by atoms with Crippen LogP contribution in [0.1, 0.15) is 37.0 Å².